The van der Waals surface area contributed by atoms with Gasteiger partial charge in [0.15, 0.2) is 4.51 Å². The molecule has 0 amide bonds. The molecule has 0 N–H and O–H groups in total. The SMILES string of the molecule is C=C(C)C(=O)OC(C)(C)Br. The predicted octanol–water partition coefficient (Wildman–Crippen LogP) is 2.24. The number of hydrogen-bond donors (Lipinski definition) is 0. The highest BCUT2D eigenvalue weighted by molar-refractivity contribution is 9.10. The molecule has 0 fully saturated rings. The number of hydrogen-bond acceptors (Lipinski definition) is 2. The van der Waals surface area contributed by atoms with Gasteiger partial charge in [-0.2, -0.15) is 0 Å². The molecule has 0 aliphatic heterocycles. The van der Waals surface area contributed by atoms with Crippen LogP contribution in [-0.4, -0.2) is 10.5 Å². The van der Waals surface area contributed by atoms with Crippen LogP contribution in [0.1, 0.15) is 20.8 Å². The van der Waals surface area contributed by atoms with E-state index in [0.717, 1.165) is 0 Å². The molecule has 0 bridgehead atoms. The molecule has 0 aromatic carbocycles. The number of alkyl halides is 1. The summed E-state index contributed by atoms with van der Waals surface area (Å²) >= 11 is 3.16. The van der Waals surface area contributed by atoms with E-state index >= 15 is 0 Å². The van der Waals surface area contributed by atoms with Crippen molar-refractivity contribution in [3.8, 4) is 0 Å². The van der Waals surface area contributed by atoms with E-state index in [-0.39, 0.29) is 5.97 Å². The topological polar surface area (TPSA) is 26.3 Å². The Bertz CT molecular complexity index is 155. The molecule has 0 radical (unpaired) electrons. The smallest absolute Gasteiger partial charge is 0.334 e. The Balaban J connectivity index is 3.93. The molecule has 0 aliphatic carbocycles. The molecule has 0 unspecified atom stereocenters. The fourth-order valence-electron chi connectivity index (χ4n) is 0.308. The molecular weight excluding hydrogens is 196 g/mol. The van der Waals surface area contributed by atoms with Gasteiger partial charge in [0.1, 0.15) is 0 Å². The Morgan fingerprint density at radius 1 is 1.60 bits per heavy atom. The third kappa shape index (κ3) is 4.56. The first-order valence-corrected chi connectivity index (χ1v) is 3.70. The van der Waals surface area contributed by atoms with Crippen LogP contribution >= 0.6 is 15.9 Å². The largest absolute Gasteiger partial charge is 0.445 e. The lowest BCUT2D eigenvalue weighted by Gasteiger charge is -2.16. The normalized spacial score (nSPS) is 10.8. The summed E-state index contributed by atoms with van der Waals surface area (Å²) in [5.74, 6) is -0.373. The minimum absolute atomic E-state index is 0.373. The second kappa shape index (κ2) is 3.19. The van der Waals surface area contributed by atoms with Crippen LogP contribution in [0.3, 0.4) is 0 Å². The molecule has 0 saturated heterocycles. The average molecular weight is 207 g/mol. The van der Waals surface area contributed by atoms with Crippen LogP contribution in [0, 0.1) is 0 Å². The molecular formula is C7H11BrO2. The van der Waals surface area contributed by atoms with Gasteiger partial charge in [-0.1, -0.05) is 6.58 Å². The van der Waals surface area contributed by atoms with Crippen LogP contribution in [0.15, 0.2) is 12.2 Å². The molecule has 0 heterocycles. The van der Waals surface area contributed by atoms with Crippen LogP contribution in [0.25, 0.3) is 0 Å². The van der Waals surface area contributed by atoms with Crippen molar-refractivity contribution >= 4 is 21.9 Å². The minimum Gasteiger partial charge on any atom is -0.445 e. The summed E-state index contributed by atoms with van der Waals surface area (Å²) in [5.41, 5.74) is 0.410. The van der Waals surface area contributed by atoms with Gasteiger partial charge in [0.25, 0.3) is 0 Å². The highest BCUT2D eigenvalue weighted by Gasteiger charge is 2.17. The third-order valence-electron chi connectivity index (χ3n) is 0.684. The predicted molar refractivity (Wildman–Crippen MR) is 43.9 cm³/mol. The summed E-state index contributed by atoms with van der Waals surface area (Å²) < 4.78 is 4.28. The summed E-state index contributed by atoms with van der Waals surface area (Å²) in [6.07, 6.45) is 0. The second-order valence-corrected chi connectivity index (χ2v) is 4.44. The summed E-state index contributed by atoms with van der Waals surface area (Å²) in [6, 6.07) is 0. The monoisotopic (exact) mass is 206 g/mol. The number of carbonyl (C=O) groups is 1. The number of esters is 1. The lowest BCUT2D eigenvalue weighted by Crippen LogP contribution is -2.20. The van der Waals surface area contributed by atoms with Gasteiger partial charge in [-0.25, -0.2) is 4.79 Å². The van der Waals surface area contributed by atoms with Crippen LogP contribution in [-0.2, 0) is 9.53 Å². The van der Waals surface area contributed by atoms with Gasteiger partial charge in [0, 0.05) is 5.57 Å². The Morgan fingerprint density at radius 2 is 2.00 bits per heavy atom. The van der Waals surface area contributed by atoms with E-state index in [2.05, 4.69) is 22.5 Å². The highest BCUT2D eigenvalue weighted by atomic mass is 79.9. The quantitative estimate of drug-likeness (QED) is 0.394. The van der Waals surface area contributed by atoms with Crippen molar-refractivity contribution in [2.75, 3.05) is 0 Å². The van der Waals surface area contributed by atoms with E-state index in [1.807, 2.05) is 0 Å². The first-order chi connectivity index (χ1) is 4.33. The van der Waals surface area contributed by atoms with Gasteiger partial charge >= 0.3 is 5.97 Å². The van der Waals surface area contributed by atoms with E-state index in [4.69, 9.17) is 4.74 Å². The van der Waals surface area contributed by atoms with Gasteiger partial charge in [0.2, 0.25) is 0 Å². The van der Waals surface area contributed by atoms with Crippen LogP contribution in [0.2, 0.25) is 0 Å². The highest BCUT2D eigenvalue weighted by Crippen LogP contribution is 2.18. The first-order valence-electron chi connectivity index (χ1n) is 2.90. The Hall–Kier alpha value is -0.310. The molecule has 58 valence electrons. The number of halogens is 1. The van der Waals surface area contributed by atoms with Crippen LogP contribution in [0.4, 0.5) is 0 Å². The van der Waals surface area contributed by atoms with Crippen molar-refractivity contribution in [1.29, 1.82) is 0 Å². The van der Waals surface area contributed by atoms with Gasteiger partial charge in [-0.05, 0) is 36.7 Å². The lowest BCUT2D eigenvalue weighted by molar-refractivity contribution is -0.144. The van der Waals surface area contributed by atoms with Gasteiger partial charge in [-0.3, -0.25) is 0 Å². The van der Waals surface area contributed by atoms with Crippen molar-refractivity contribution in [3.63, 3.8) is 0 Å². The zero-order valence-electron chi connectivity index (χ0n) is 6.40. The number of carbonyl (C=O) groups excluding carboxylic acids is 1. The van der Waals surface area contributed by atoms with E-state index < -0.39 is 4.51 Å². The molecule has 0 atom stereocenters. The maximum atomic E-state index is 10.8. The summed E-state index contributed by atoms with van der Waals surface area (Å²) in [6.45, 7) is 8.54. The Kier molecular flexibility index (Phi) is 3.09. The summed E-state index contributed by atoms with van der Waals surface area (Å²) in [7, 11) is 0. The van der Waals surface area contributed by atoms with E-state index in [1.54, 1.807) is 20.8 Å². The third-order valence-corrected chi connectivity index (χ3v) is 0.846. The molecule has 10 heavy (non-hydrogen) atoms. The number of ether oxygens (including phenoxy) is 1. The second-order valence-electron chi connectivity index (χ2n) is 2.53. The van der Waals surface area contributed by atoms with E-state index in [1.165, 1.54) is 0 Å². The summed E-state index contributed by atoms with van der Waals surface area (Å²) in [5, 5.41) is 0. The van der Waals surface area contributed by atoms with Crippen LogP contribution in [0.5, 0.6) is 0 Å². The van der Waals surface area contributed by atoms with Gasteiger partial charge in [0.05, 0.1) is 0 Å². The molecule has 3 heteroatoms. The van der Waals surface area contributed by atoms with Crippen LogP contribution < -0.4 is 0 Å². The molecule has 2 nitrogen and oxygen atoms in total. The molecule has 0 aliphatic rings. The lowest BCUT2D eigenvalue weighted by atomic mass is 10.3. The minimum atomic E-state index is -0.594. The van der Waals surface area contributed by atoms with Crippen molar-refractivity contribution in [2.24, 2.45) is 0 Å². The fourth-order valence-corrected chi connectivity index (χ4v) is 0.455. The van der Waals surface area contributed by atoms with E-state index in [9.17, 15) is 4.79 Å². The van der Waals surface area contributed by atoms with Crippen molar-refractivity contribution in [3.05, 3.63) is 12.2 Å². The molecule has 0 aromatic heterocycles. The fraction of sp³-hybridized carbons (Fsp3) is 0.571. The standard InChI is InChI=1S/C7H11BrO2/c1-5(2)6(9)10-7(3,4)8/h1H2,2-4H3. The maximum Gasteiger partial charge on any atom is 0.334 e. The maximum absolute atomic E-state index is 10.8. The zero-order valence-corrected chi connectivity index (χ0v) is 7.99. The molecule has 0 saturated carbocycles. The molecule has 0 rings (SSSR count). The van der Waals surface area contributed by atoms with Crippen molar-refractivity contribution in [1.82, 2.24) is 0 Å². The average Bonchev–Trinajstić information content (AvgIpc) is 1.60. The summed E-state index contributed by atoms with van der Waals surface area (Å²) in [4.78, 5) is 10.8. The zero-order chi connectivity index (χ0) is 8.36. The van der Waals surface area contributed by atoms with Crippen molar-refractivity contribution in [2.45, 2.75) is 25.3 Å². The van der Waals surface area contributed by atoms with Gasteiger partial charge in [-0.15, -0.1) is 0 Å². The molecule has 0 spiro atoms. The number of rotatable bonds is 2. The van der Waals surface area contributed by atoms with Gasteiger partial charge < -0.3 is 4.74 Å². The Labute approximate surface area is 69.4 Å². The molecule has 0 aromatic rings. The van der Waals surface area contributed by atoms with Crippen molar-refractivity contribution < 1.29 is 9.53 Å². The Morgan fingerprint density at radius 3 is 2.10 bits per heavy atom. The van der Waals surface area contributed by atoms with E-state index in [0.29, 0.717) is 5.57 Å². The first kappa shape index (κ1) is 9.69.